The number of carbonyl (C=O) groups is 1. The monoisotopic (exact) mass is 373 g/mol. The molecule has 0 bridgehead atoms. The highest BCUT2D eigenvalue weighted by atomic mass is 19.1. The summed E-state index contributed by atoms with van der Waals surface area (Å²) in [6.07, 6.45) is 0. The fourth-order valence-electron chi connectivity index (χ4n) is 2.36. The average molecular weight is 373 g/mol. The molecule has 0 fully saturated rings. The number of nitrogens with zero attached hydrogens (tertiary/aromatic N) is 5. The van der Waals surface area contributed by atoms with Gasteiger partial charge in [0.25, 0.3) is 5.56 Å². The summed E-state index contributed by atoms with van der Waals surface area (Å²) < 4.78 is 21.0. The summed E-state index contributed by atoms with van der Waals surface area (Å²) >= 11 is 0. The van der Waals surface area contributed by atoms with Crippen LogP contribution in [-0.2, 0) is 24.5 Å². The van der Waals surface area contributed by atoms with E-state index in [9.17, 15) is 14.0 Å². The molecule has 0 atom stereocenters. The number of carboxylic acid groups (broad SMARTS) is 1. The molecule has 1 aromatic carbocycles. The van der Waals surface area contributed by atoms with Gasteiger partial charge in [-0.25, -0.2) is 18.7 Å². The number of aryl methyl sites for hydroxylation is 1. The van der Waals surface area contributed by atoms with Gasteiger partial charge in [0.15, 0.2) is 5.82 Å². The number of benzene rings is 1. The van der Waals surface area contributed by atoms with Gasteiger partial charge >= 0.3 is 5.97 Å². The van der Waals surface area contributed by atoms with Crippen molar-refractivity contribution in [2.24, 2.45) is 0 Å². The largest absolute Gasteiger partial charge is 0.485 e. The van der Waals surface area contributed by atoms with Gasteiger partial charge in [0.05, 0.1) is 5.69 Å². The minimum Gasteiger partial charge on any atom is -0.485 e. The van der Waals surface area contributed by atoms with Crippen LogP contribution >= 0.6 is 0 Å². The molecule has 0 aliphatic carbocycles. The van der Waals surface area contributed by atoms with Crippen molar-refractivity contribution in [2.45, 2.75) is 26.6 Å². The molecule has 2 heterocycles. The molecule has 0 aliphatic rings. The molecule has 3 aromatic rings. The van der Waals surface area contributed by atoms with E-state index in [1.54, 1.807) is 19.1 Å². The molecule has 27 heavy (non-hydrogen) atoms. The SMILES string of the molecule is Cc1ccc(=O)n(Cc2nc(COc3cccc(F)c3)nn2CC(=O)O)n1. The Balaban J connectivity index is 1.83. The number of aliphatic carboxylic acids is 1. The number of rotatable bonds is 7. The Morgan fingerprint density at radius 3 is 2.78 bits per heavy atom. The molecule has 0 unspecified atom stereocenters. The number of ether oxygens (including phenoxy) is 1. The number of carboxylic acids is 1. The van der Waals surface area contributed by atoms with Crippen LogP contribution in [0.4, 0.5) is 4.39 Å². The van der Waals surface area contributed by atoms with Crippen molar-refractivity contribution in [2.75, 3.05) is 0 Å². The van der Waals surface area contributed by atoms with Crippen molar-refractivity contribution >= 4 is 5.97 Å². The summed E-state index contributed by atoms with van der Waals surface area (Å²) in [6.45, 7) is 1.18. The van der Waals surface area contributed by atoms with Gasteiger partial charge in [0.2, 0.25) is 0 Å². The van der Waals surface area contributed by atoms with Crippen LogP contribution in [0.3, 0.4) is 0 Å². The molecule has 0 spiro atoms. The van der Waals surface area contributed by atoms with E-state index in [1.165, 1.54) is 33.6 Å². The topological polar surface area (TPSA) is 112 Å². The maximum absolute atomic E-state index is 13.2. The fraction of sp³-hybridized carbons (Fsp3) is 0.235. The Labute approximate surface area is 152 Å². The van der Waals surface area contributed by atoms with Crippen LogP contribution in [0.1, 0.15) is 17.3 Å². The lowest BCUT2D eigenvalue weighted by Gasteiger charge is -2.05. The molecule has 0 radical (unpaired) electrons. The van der Waals surface area contributed by atoms with E-state index in [0.29, 0.717) is 11.4 Å². The van der Waals surface area contributed by atoms with Crippen LogP contribution in [0.5, 0.6) is 5.75 Å². The van der Waals surface area contributed by atoms with Crippen molar-refractivity contribution in [1.82, 2.24) is 24.5 Å². The van der Waals surface area contributed by atoms with Crippen molar-refractivity contribution in [3.63, 3.8) is 0 Å². The zero-order chi connectivity index (χ0) is 19.4. The molecule has 9 nitrogen and oxygen atoms in total. The molecule has 140 valence electrons. The molecule has 0 amide bonds. The van der Waals surface area contributed by atoms with Gasteiger partial charge in [-0.1, -0.05) is 6.07 Å². The highest BCUT2D eigenvalue weighted by Gasteiger charge is 2.15. The second-order valence-corrected chi connectivity index (χ2v) is 5.71. The Morgan fingerprint density at radius 1 is 1.22 bits per heavy atom. The van der Waals surface area contributed by atoms with E-state index < -0.39 is 18.3 Å². The predicted octanol–water partition coefficient (Wildman–Crippen LogP) is 0.994. The first-order valence-corrected chi connectivity index (χ1v) is 7.98. The van der Waals surface area contributed by atoms with E-state index in [2.05, 4.69) is 15.2 Å². The van der Waals surface area contributed by atoms with E-state index in [1.807, 2.05) is 0 Å². The smallest absolute Gasteiger partial charge is 0.325 e. The number of hydrogen-bond acceptors (Lipinski definition) is 6. The van der Waals surface area contributed by atoms with Crippen molar-refractivity contribution in [3.05, 3.63) is 69.9 Å². The van der Waals surface area contributed by atoms with Gasteiger partial charge in [-0.15, -0.1) is 0 Å². The molecule has 2 aromatic heterocycles. The lowest BCUT2D eigenvalue weighted by atomic mass is 10.3. The fourth-order valence-corrected chi connectivity index (χ4v) is 2.36. The average Bonchev–Trinajstić information content (AvgIpc) is 2.97. The Bertz CT molecular complexity index is 1030. The Kier molecular flexibility index (Phi) is 5.25. The summed E-state index contributed by atoms with van der Waals surface area (Å²) in [5.74, 6) is -0.805. The first-order chi connectivity index (χ1) is 12.9. The van der Waals surface area contributed by atoms with Gasteiger partial charge in [-0.2, -0.15) is 10.2 Å². The predicted molar refractivity (Wildman–Crippen MR) is 90.7 cm³/mol. The van der Waals surface area contributed by atoms with Crippen LogP contribution < -0.4 is 10.3 Å². The molecule has 1 N–H and O–H groups in total. The normalized spacial score (nSPS) is 10.7. The van der Waals surface area contributed by atoms with Gasteiger partial charge < -0.3 is 9.84 Å². The lowest BCUT2D eigenvalue weighted by Crippen LogP contribution is -2.25. The van der Waals surface area contributed by atoms with Crippen LogP contribution in [0.2, 0.25) is 0 Å². The van der Waals surface area contributed by atoms with E-state index >= 15 is 0 Å². The Hall–Kier alpha value is -3.56. The number of halogens is 1. The standard InChI is InChI=1S/C17H16FN5O4/c1-11-5-6-16(24)23(20-11)8-15-19-14(21-22(15)9-17(25)26)10-27-13-4-2-3-12(18)7-13/h2-7H,8-10H2,1H3,(H,25,26). The summed E-state index contributed by atoms with van der Waals surface area (Å²) in [6, 6.07) is 8.53. The highest BCUT2D eigenvalue weighted by Crippen LogP contribution is 2.13. The molecule has 0 aliphatic heterocycles. The third-order valence-electron chi connectivity index (χ3n) is 3.53. The minimum absolute atomic E-state index is 0.0409. The first-order valence-electron chi connectivity index (χ1n) is 7.98. The third kappa shape index (κ3) is 4.75. The van der Waals surface area contributed by atoms with Gasteiger partial charge in [0.1, 0.15) is 37.1 Å². The summed E-state index contributed by atoms with van der Waals surface area (Å²) in [4.78, 5) is 27.2. The minimum atomic E-state index is -1.11. The molecular weight excluding hydrogens is 357 g/mol. The van der Waals surface area contributed by atoms with E-state index in [0.717, 1.165) is 0 Å². The second-order valence-electron chi connectivity index (χ2n) is 5.71. The molecule has 0 saturated carbocycles. The van der Waals surface area contributed by atoms with Crippen molar-refractivity contribution < 1.29 is 19.0 Å². The quantitative estimate of drug-likeness (QED) is 0.657. The van der Waals surface area contributed by atoms with Gasteiger partial charge in [-0.05, 0) is 25.1 Å². The number of hydrogen-bond donors (Lipinski definition) is 1. The second kappa shape index (κ2) is 7.77. The maximum Gasteiger partial charge on any atom is 0.325 e. The summed E-state index contributed by atoms with van der Waals surface area (Å²) in [7, 11) is 0. The van der Waals surface area contributed by atoms with Crippen LogP contribution in [0.15, 0.2) is 41.2 Å². The summed E-state index contributed by atoms with van der Waals surface area (Å²) in [5, 5.41) is 17.3. The number of aromatic nitrogens is 5. The lowest BCUT2D eigenvalue weighted by molar-refractivity contribution is -0.137. The Morgan fingerprint density at radius 2 is 2.04 bits per heavy atom. The summed E-state index contributed by atoms with van der Waals surface area (Å²) in [5.41, 5.74) is 0.289. The zero-order valence-electron chi connectivity index (χ0n) is 14.4. The van der Waals surface area contributed by atoms with Crippen LogP contribution in [-0.4, -0.2) is 35.6 Å². The molecular formula is C17H16FN5O4. The van der Waals surface area contributed by atoms with Crippen LogP contribution in [0.25, 0.3) is 0 Å². The van der Waals surface area contributed by atoms with Crippen molar-refractivity contribution in [1.29, 1.82) is 0 Å². The maximum atomic E-state index is 13.2. The third-order valence-corrected chi connectivity index (χ3v) is 3.53. The molecule has 3 rings (SSSR count). The highest BCUT2D eigenvalue weighted by molar-refractivity contribution is 5.66. The van der Waals surface area contributed by atoms with Crippen LogP contribution in [0, 0.1) is 12.7 Å². The zero-order valence-corrected chi connectivity index (χ0v) is 14.4. The first kappa shape index (κ1) is 18.2. The van der Waals surface area contributed by atoms with Crippen molar-refractivity contribution in [3.8, 4) is 5.75 Å². The van der Waals surface area contributed by atoms with E-state index in [4.69, 9.17) is 9.84 Å². The van der Waals surface area contributed by atoms with Gasteiger partial charge in [-0.3, -0.25) is 9.59 Å². The van der Waals surface area contributed by atoms with Gasteiger partial charge in [0, 0.05) is 12.1 Å². The molecule has 10 heteroatoms. The molecule has 0 saturated heterocycles. The van der Waals surface area contributed by atoms with E-state index in [-0.39, 0.29) is 30.4 Å².